The Morgan fingerprint density at radius 2 is 1.81 bits per heavy atom. The molecule has 1 aromatic carbocycles. The van der Waals surface area contributed by atoms with Crippen LogP contribution in [0, 0.1) is 5.82 Å². The van der Waals surface area contributed by atoms with Gasteiger partial charge in [-0.3, -0.25) is 0 Å². The summed E-state index contributed by atoms with van der Waals surface area (Å²) in [6.07, 6.45) is 0. The average molecular weight is 221 g/mol. The molecular formula is C10H12FN5. The van der Waals surface area contributed by atoms with Crippen LogP contribution < -0.4 is 17.2 Å². The van der Waals surface area contributed by atoms with Gasteiger partial charge in [-0.1, -0.05) is 0 Å². The number of aromatic nitrogens is 2. The molecule has 16 heavy (non-hydrogen) atoms. The summed E-state index contributed by atoms with van der Waals surface area (Å²) < 4.78 is 14.2. The molecule has 0 unspecified atom stereocenters. The Balaban J connectivity index is 2.52. The molecule has 0 aliphatic heterocycles. The Hall–Kier alpha value is -2.08. The minimum Gasteiger partial charge on any atom is -0.383 e. The van der Waals surface area contributed by atoms with Crippen molar-refractivity contribution < 1.29 is 4.39 Å². The third-order valence-electron chi connectivity index (χ3n) is 2.33. The van der Waals surface area contributed by atoms with Crippen molar-refractivity contribution in [2.75, 3.05) is 11.5 Å². The van der Waals surface area contributed by atoms with E-state index >= 15 is 0 Å². The van der Waals surface area contributed by atoms with Gasteiger partial charge >= 0.3 is 0 Å². The van der Waals surface area contributed by atoms with Crippen LogP contribution in [0.25, 0.3) is 5.69 Å². The molecule has 0 aliphatic carbocycles. The topological polar surface area (TPSA) is 95.9 Å². The maximum absolute atomic E-state index is 12.7. The van der Waals surface area contributed by atoms with Crippen LogP contribution in [0.1, 0.15) is 5.56 Å². The monoisotopic (exact) mass is 221 g/mol. The van der Waals surface area contributed by atoms with Crippen molar-refractivity contribution in [3.05, 3.63) is 35.6 Å². The lowest BCUT2D eigenvalue weighted by molar-refractivity contribution is 0.627. The number of benzene rings is 1. The summed E-state index contributed by atoms with van der Waals surface area (Å²) in [5.74, 6) is 0.359. The van der Waals surface area contributed by atoms with Crippen LogP contribution in [0.15, 0.2) is 24.3 Å². The molecule has 84 valence electrons. The van der Waals surface area contributed by atoms with Gasteiger partial charge in [-0.25, -0.2) is 9.07 Å². The van der Waals surface area contributed by atoms with Crippen molar-refractivity contribution in [3.63, 3.8) is 0 Å². The highest BCUT2D eigenvalue weighted by molar-refractivity contribution is 5.57. The van der Waals surface area contributed by atoms with E-state index in [1.165, 1.54) is 16.8 Å². The zero-order valence-electron chi connectivity index (χ0n) is 8.52. The van der Waals surface area contributed by atoms with Gasteiger partial charge in [-0.2, -0.15) is 0 Å². The molecule has 2 aromatic rings. The number of hydrogen-bond acceptors (Lipinski definition) is 4. The maximum Gasteiger partial charge on any atom is 0.152 e. The zero-order valence-corrected chi connectivity index (χ0v) is 8.52. The molecule has 6 heteroatoms. The molecule has 6 N–H and O–H groups in total. The van der Waals surface area contributed by atoms with Gasteiger partial charge in [0.15, 0.2) is 5.82 Å². The first-order valence-corrected chi connectivity index (χ1v) is 4.72. The van der Waals surface area contributed by atoms with E-state index in [-0.39, 0.29) is 12.4 Å². The fourth-order valence-electron chi connectivity index (χ4n) is 1.47. The molecule has 0 fully saturated rings. The molecule has 1 heterocycles. The van der Waals surface area contributed by atoms with Gasteiger partial charge in [0.25, 0.3) is 0 Å². The van der Waals surface area contributed by atoms with Gasteiger partial charge in [0.05, 0.1) is 11.3 Å². The Labute approximate surface area is 91.6 Å². The third-order valence-corrected chi connectivity index (χ3v) is 2.33. The molecule has 5 nitrogen and oxygen atoms in total. The predicted molar refractivity (Wildman–Crippen MR) is 60.2 cm³/mol. The molecule has 2 rings (SSSR count). The molecule has 0 aliphatic rings. The van der Waals surface area contributed by atoms with E-state index < -0.39 is 0 Å². The van der Waals surface area contributed by atoms with Crippen LogP contribution in [0.4, 0.5) is 16.0 Å². The van der Waals surface area contributed by atoms with Crippen molar-refractivity contribution in [2.45, 2.75) is 6.54 Å². The summed E-state index contributed by atoms with van der Waals surface area (Å²) in [6.45, 7) is 0.221. The van der Waals surface area contributed by atoms with Crippen LogP contribution in [0.2, 0.25) is 0 Å². The van der Waals surface area contributed by atoms with Gasteiger partial charge in [-0.05, 0) is 24.3 Å². The molecule has 0 saturated carbocycles. The largest absolute Gasteiger partial charge is 0.383 e. The predicted octanol–water partition coefficient (Wildman–Crippen LogP) is 0.634. The SMILES string of the molecule is NCc1c(N)nn(-c2ccc(F)cc2)c1N. The molecule has 1 aromatic heterocycles. The summed E-state index contributed by atoms with van der Waals surface area (Å²) in [5.41, 5.74) is 18.2. The van der Waals surface area contributed by atoms with Gasteiger partial charge in [0.2, 0.25) is 0 Å². The summed E-state index contributed by atoms with van der Waals surface area (Å²) in [6, 6.07) is 5.79. The minimum absolute atomic E-state index is 0.221. The van der Waals surface area contributed by atoms with E-state index in [1.54, 1.807) is 12.1 Å². The highest BCUT2D eigenvalue weighted by Gasteiger charge is 2.12. The number of nitrogens with two attached hydrogens (primary N) is 3. The molecule has 0 amide bonds. The first-order chi connectivity index (χ1) is 7.63. The van der Waals surface area contributed by atoms with Gasteiger partial charge in [-0.15, -0.1) is 5.10 Å². The molecular weight excluding hydrogens is 209 g/mol. The van der Waals surface area contributed by atoms with Crippen molar-refractivity contribution in [3.8, 4) is 5.69 Å². The molecule has 0 bridgehead atoms. The Morgan fingerprint density at radius 3 is 2.31 bits per heavy atom. The highest BCUT2D eigenvalue weighted by atomic mass is 19.1. The van der Waals surface area contributed by atoms with Crippen LogP contribution in [0.3, 0.4) is 0 Å². The number of hydrogen-bond donors (Lipinski definition) is 3. The molecule has 0 radical (unpaired) electrons. The maximum atomic E-state index is 12.7. The van der Waals surface area contributed by atoms with E-state index in [1.807, 2.05) is 0 Å². The summed E-state index contributed by atoms with van der Waals surface area (Å²) in [7, 11) is 0. The Morgan fingerprint density at radius 1 is 1.19 bits per heavy atom. The van der Waals surface area contributed by atoms with E-state index in [9.17, 15) is 4.39 Å². The van der Waals surface area contributed by atoms with Gasteiger partial charge in [0.1, 0.15) is 11.6 Å². The highest BCUT2D eigenvalue weighted by Crippen LogP contribution is 2.22. The first kappa shape index (κ1) is 10.4. The second-order valence-electron chi connectivity index (χ2n) is 3.34. The van der Waals surface area contributed by atoms with E-state index in [2.05, 4.69) is 5.10 Å². The lowest BCUT2D eigenvalue weighted by atomic mass is 10.3. The number of rotatable bonds is 2. The standard InChI is InChI=1S/C10H12FN5/c11-6-1-3-7(4-2-6)16-10(14)8(5-12)9(13)15-16/h1-4H,5,12,14H2,(H2,13,15). The Bertz CT molecular complexity index is 503. The number of anilines is 2. The summed E-state index contributed by atoms with van der Waals surface area (Å²) in [5, 5.41) is 4.05. The quantitative estimate of drug-likeness (QED) is 0.693. The van der Waals surface area contributed by atoms with E-state index in [4.69, 9.17) is 17.2 Å². The van der Waals surface area contributed by atoms with Crippen LogP contribution in [0.5, 0.6) is 0 Å². The zero-order chi connectivity index (χ0) is 11.7. The molecule has 0 atom stereocenters. The lowest BCUT2D eigenvalue weighted by Gasteiger charge is -2.03. The molecule has 0 spiro atoms. The second kappa shape index (κ2) is 3.82. The summed E-state index contributed by atoms with van der Waals surface area (Å²) in [4.78, 5) is 0. The summed E-state index contributed by atoms with van der Waals surface area (Å²) >= 11 is 0. The first-order valence-electron chi connectivity index (χ1n) is 4.72. The van der Waals surface area contributed by atoms with Crippen molar-refractivity contribution in [1.82, 2.24) is 9.78 Å². The van der Waals surface area contributed by atoms with Crippen LogP contribution in [-0.4, -0.2) is 9.78 Å². The van der Waals surface area contributed by atoms with Crippen LogP contribution >= 0.6 is 0 Å². The van der Waals surface area contributed by atoms with Crippen molar-refractivity contribution in [2.24, 2.45) is 5.73 Å². The normalized spacial score (nSPS) is 10.6. The van der Waals surface area contributed by atoms with Crippen molar-refractivity contribution >= 4 is 11.6 Å². The second-order valence-corrected chi connectivity index (χ2v) is 3.34. The fraction of sp³-hybridized carbons (Fsp3) is 0.100. The van der Waals surface area contributed by atoms with E-state index in [0.29, 0.717) is 22.9 Å². The Kier molecular flexibility index (Phi) is 2.49. The smallest absolute Gasteiger partial charge is 0.152 e. The number of nitrogen functional groups attached to an aromatic ring is 2. The third kappa shape index (κ3) is 1.59. The minimum atomic E-state index is -0.318. The van der Waals surface area contributed by atoms with Crippen molar-refractivity contribution in [1.29, 1.82) is 0 Å². The fourth-order valence-corrected chi connectivity index (χ4v) is 1.47. The van der Waals surface area contributed by atoms with Gasteiger partial charge < -0.3 is 17.2 Å². The van der Waals surface area contributed by atoms with Gasteiger partial charge in [0, 0.05) is 6.54 Å². The molecule has 0 saturated heterocycles. The lowest BCUT2D eigenvalue weighted by Crippen LogP contribution is -2.05. The average Bonchev–Trinajstić information content (AvgIpc) is 2.55. The van der Waals surface area contributed by atoms with E-state index in [0.717, 1.165) is 0 Å². The van der Waals surface area contributed by atoms with Crippen LogP contribution in [-0.2, 0) is 6.54 Å². The number of halogens is 1. The number of nitrogens with zero attached hydrogens (tertiary/aromatic N) is 2.